The predicted molar refractivity (Wildman–Crippen MR) is 67.4 cm³/mol. The number of nitrogens with zero attached hydrogens (tertiary/aromatic N) is 1. The molecule has 1 aromatic carbocycles. The predicted octanol–water partition coefficient (Wildman–Crippen LogP) is 1.93. The molecule has 1 aromatic rings. The van der Waals surface area contributed by atoms with Crippen LogP contribution in [0.2, 0.25) is 0 Å². The van der Waals surface area contributed by atoms with Crippen molar-refractivity contribution < 1.29 is 14.3 Å². The van der Waals surface area contributed by atoms with Gasteiger partial charge < -0.3 is 14.8 Å². The summed E-state index contributed by atoms with van der Waals surface area (Å²) >= 11 is 0. The first-order chi connectivity index (χ1) is 8.71. The second-order valence-corrected chi connectivity index (χ2v) is 3.67. The summed E-state index contributed by atoms with van der Waals surface area (Å²) < 4.78 is 10.0. The molecule has 0 aliphatic rings. The highest BCUT2D eigenvalue weighted by Crippen LogP contribution is 2.25. The molecule has 0 heterocycles. The number of benzene rings is 1. The van der Waals surface area contributed by atoms with Crippen molar-refractivity contribution in [3.8, 4) is 11.8 Å². The van der Waals surface area contributed by atoms with Gasteiger partial charge in [-0.05, 0) is 18.6 Å². The number of nitrogens with one attached hydrogen (secondary N) is 1. The lowest BCUT2D eigenvalue weighted by molar-refractivity contribution is -0.116. The summed E-state index contributed by atoms with van der Waals surface area (Å²) in [5.74, 6) is 0.379. The van der Waals surface area contributed by atoms with Gasteiger partial charge in [-0.3, -0.25) is 4.79 Å². The van der Waals surface area contributed by atoms with Crippen LogP contribution in [0.1, 0.15) is 18.4 Å². The van der Waals surface area contributed by atoms with Crippen LogP contribution < -0.4 is 10.1 Å². The van der Waals surface area contributed by atoms with Gasteiger partial charge in [-0.25, -0.2) is 0 Å². The fourth-order valence-electron chi connectivity index (χ4n) is 1.45. The first kappa shape index (κ1) is 14.0. The van der Waals surface area contributed by atoms with Gasteiger partial charge in [0.2, 0.25) is 5.91 Å². The number of amides is 1. The van der Waals surface area contributed by atoms with Crippen molar-refractivity contribution in [1.29, 1.82) is 5.26 Å². The van der Waals surface area contributed by atoms with Crippen molar-refractivity contribution in [3.05, 3.63) is 23.8 Å². The molecule has 1 N–H and O–H groups in total. The molecule has 0 aromatic heterocycles. The van der Waals surface area contributed by atoms with Gasteiger partial charge in [0.15, 0.2) is 0 Å². The fourth-order valence-corrected chi connectivity index (χ4v) is 1.45. The maximum atomic E-state index is 11.6. The second kappa shape index (κ2) is 7.30. The fraction of sp³-hybridized carbons (Fsp3) is 0.385. The number of hydrogen-bond acceptors (Lipinski definition) is 4. The van der Waals surface area contributed by atoms with E-state index in [0.29, 0.717) is 36.4 Å². The average molecular weight is 248 g/mol. The van der Waals surface area contributed by atoms with Crippen LogP contribution in [0.25, 0.3) is 0 Å². The monoisotopic (exact) mass is 248 g/mol. The van der Waals surface area contributed by atoms with Crippen molar-refractivity contribution >= 4 is 11.6 Å². The van der Waals surface area contributed by atoms with Crippen LogP contribution in [0.4, 0.5) is 5.69 Å². The minimum absolute atomic E-state index is 0.102. The molecule has 1 rings (SSSR count). The summed E-state index contributed by atoms with van der Waals surface area (Å²) in [4.78, 5) is 11.6. The van der Waals surface area contributed by atoms with Crippen LogP contribution in [0.3, 0.4) is 0 Å². The zero-order valence-electron chi connectivity index (χ0n) is 10.5. The number of rotatable bonds is 6. The topological polar surface area (TPSA) is 71.3 Å². The lowest BCUT2D eigenvalue weighted by Crippen LogP contribution is -2.12. The summed E-state index contributed by atoms with van der Waals surface area (Å²) in [5.41, 5.74) is 1.06. The molecule has 96 valence electrons. The smallest absolute Gasteiger partial charge is 0.224 e. The summed E-state index contributed by atoms with van der Waals surface area (Å²) in [6.45, 7) is 0.553. The van der Waals surface area contributed by atoms with E-state index in [0.717, 1.165) is 0 Å². The molecule has 0 aliphatic heterocycles. The highest BCUT2D eigenvalue weighted by atomic mass is 16.5. The van der Waals surface area contributed by atoms with Crippen molar-refractivity contribution in [1.82, 2.24) is 0 Å². The first-order valence-electron chi connectivity index (χ1n) is 5.58. The summed E-state index contributed by atoms with van der Waals surface area (Å²) in [5, 5.41) is 11.5. The van der Waals surface area contributed by atoms with E-state index in [1.165, 1.54) is 7.11 Å². The highest BCUT2D eigenvalue weighted by Gasteiger charge is 2.08. The largest absolute Gasteiger partial charge is 0.495 e. The molecular formula is C13H16N2O3. The number of carbonyl (C=O) groups is 1. The van der Waals surface area contributed by atoms with Crippen LogP contribution in [0.15, 0.2) is 18.2 Å². The lowest BCUT2D eigenvalue weighted by Gasteiger charge is -2.10. The number of hydrogen-bond donors (Lipinski definition) is 1. The molecule has 0 saturated carbocycles. The number of methoxy groups -OCH3 is 2. The van der Waals surface area contributed by atoms with Crippen molar-refractivity contribution in [2.45, 2.75) is 12.8 Å². The summed E-state index contributed by atoms with van der Waals surface area (Å²) in [6.07, 6.45) is 1.05. The third kappa shape index (κ3) is 4.07. The van der Waals surface area contributed by atoms with E-state index in [9.17, 15) is 4.79 Å². The van der Waals surface area contributed by atoms with Gasteiger partial charge in [-0.2, -0.15) is 5.26 Å². The number of nitriles is 1. The molecule has 0 bridgehead atoms. The lowest BCUT2D eigenvalue weighted by atomic mass is 10.2. The number of anilines is 1. The van der Waals surface area contributed by atoms with Gasteiger partial charge in [0.25, 0.3) is 0 Å². The van der Waals surface area contributed by atoms with E-state index < -0.39 is 0 Å². The second-order valence-electron chi connectivity index (χ2n) is 3.67. The Kier molecular flexibility index (Phi) is 5.68. The van der Waals surface area contributed by atoms with E-state index in [1.54, 1.807) is 25.3 Å². The Morgan fingerprint density at radius 1 is 1.44 bits per heavy atom. The molecule has 5 heteroatoms. The summed E-state index contributed by atoms with van der Waals surface area (Å²) in [7, 11) is 3.10. The Hall–Kier alpha value is -2.06. The van der Waals surface area contributed by atoms with Crippen molar-refractivity contribution in [3.63, 3.8) is 0 Å². The van der Waals surface area contributed by atoms with E-state index >= 15 is 0 Å². The van der Waals surface area contributed by atoms with Crippen LogP contribution in [-0.2, 0) is 9.53 Å². The maximum absolute atomic E-state index is 11.6. The molecule has 1 amide bonds. The zero-order chi connectivity index (χ0) is 13.4. The molecule has 18 heavy (non-hydrogen) atoms. The van der Waals surface area contributed by atoms with Crippen molar-refractivity contribution in [2.24, 2.45) is 0 Å². The quantitative estimate of drug-likeness (QED) is 0.781. The Balaban J connectivity index is 2.66. The average Bonchev–Trinajstić information content (AvgIpc) is 2.39. The first-order valence-corrected chi connectivity index (χ1v) is 5.58. The molecule has 0 aliphatic carbocycles. The van der Waals surface area contributed by atoms with Crippen LogP contribution in [0, 0.1) is 11.3 Å². The van der Waals surface area contributed by atoms with E-state index in [4.69, 9.17) is 14.7 Å². The SMILES string of the molecule is COCCCC(=O)Nc1ccc(C#N)cc1OC. The Morgan fingerprint density at radius 3 is 2.83 bits per heavy atom. The van der Waals surface area contributed by atoms with Gasteiger partial charge >= 0.3 is 0 Å². The van der Waals surface area contributed by atoms with E-state index in [1.807, 2.05) is 6.07 Å². The molecular weight excluding hydrogens is 232 g/mol. The van der Waals surface area contributed by atoms with Crippen LogP contribution in [0.5, 0.6) is 5.75 Å². The van der Waals surface area contributed by atoms with Gasteiger partial charge in [0, 0.05) is 26.2 Å². The maximum Gasteiger partial charge on any atom is 0.224 e. The molecule has 0 atom stereocenters. The number of carbonyl (C=O) groups excluding carboxylic acids is 1. The zero-order valence-corrected chi connectivity index (χ0v) is 10.5. The standard InChI is InChI=1S/C13H16N2O3/c1-17-7-3-4-13(16)15-11-6-5-10(9-14)8-12(11)18-2/h5-6,8H,3-4,7H2,1-2H3,(H,15,16). The molecule has 0 spiro atoms. The third-order valence-corrected chi connectivity index (χ3v) is 2.36. The Morgan fingerprint density at radius 2 is 2.22 bits per heavy atom. The Labute approximate surface area is 106 Å². The molecule has 0 unspecified atom stereocenters. The molecule has 0 saturated heterocycles. The summed E-state index contributed by atoms with van der Waals surface area (Å²) in [6, 6.07) is 6.89. The highest BCUT2D eigenvalue weighted by molar-refractivity contribution is 5.92. The van der Waals surface area contributed by atoms with Crippen molar-refractivity contribution in [2.75, 3.05) is 26.1 Å². The van der Waals surface area contributed by atoms with Gasteiger partial charge in [-0.1, -0.05) is 0 Å². The third-order valence-electron chi connectivity index (χ3n) is 2.36. The molecule has 0 fully saturated rings. The van der Waals surface area contributed by atoms with E-state index in [-0.39, 0.29) is 5.91 Å². The van der Waals surface area contributed by atoms with Gasteiger partial charge in [-0.15, -0.1) is 0 Å². The Bertz CT molecular complexity index is 452. The molecule has 0 radical (unpaired) electrons. The van der Waals surface area contributed by atoms with Gasteiger partial charge in [0.05, 0.1) is 24.4 Å². The van der Waals surface area contributed by atoms with Crippen LogP contribution in [-0.4, -0.2) is 26.7 Å². The minimum atomic E-state index is -0.102. The number of ether oxygens (including phenoxy) is 2. The normalized spacial score (nSPS) is 9.61. The van der Waals surface area contributed by atoms with Crippen LogP contribution >= 0.6 is 0 Å². The van der Waals surface area contributed by atoms with E-state index in [2.05, 4.69) is 5.32 Å². The molecule has 5 nitrogen and oxygen atoms in total. The van der Waals surface area contributed by atoms with Gasteiger partial charge in [0.1, 0.15) is 5.75 Å². The minimum Gasteiger partial charge on any atom is -0.495 e.